The smallest absolute Gasteiger partial charge is 0.228 e. The van der Waals surface area contributed by atoms with Gasteiger partial charge in [0, 0.05) is 23.9 Å². The van der Waals surface area contributed by atoms with Crippen LogP contribution in [0.5, 0.6) is 0 Å². The Morgan fingerprint density at radius 3 is 2.26 bits per heavy atom. The van der Waals surface area contributed by atoms with Crippen molar-refractivity contribution in [1.29, 1.82) is 0 Å². The number of carbonyl (C=O) groups is 1. The number of carbonyl (C=O) groups excluding carboxylic acids is 1. The van der Waals surface area contributed by atoms with Gasteiger partial charge in [-0.25, -0.2) is 0 Å². The van der Waals surface area contributed by atoms with Gasteiger partial charge in [0.25, 0.3) is 0 Å². The fraction of sp³-hybridized carbons (Fsp3) is 0.938. The van der Waals surface area contributed by atoms with Gasteiger partial charge in [0.05, 0.1) is 0 Å². The van der Waals surface area contributed by atoms with Gasteiger partial charge in [-0.15, -0.1) is 11.6 Å². The van der Waals surface area contributed by atoms with Crippen molar-refractivity contribution >= 4 is 17.5 Å². The molecule has 0 aliphatic heterocycles. The van der Waals surface area contributed by atoms with E-state index in [-0.39, 0.29) is 5.41 Å². The van der Waals surface area contributed by atoms with Crippen LogP contribution >= 0.6 is 11.6 Å². The fourth-order valence-electron chi connectivity index (χ4n) is 3.83. The van der Waals surface area contributed by atoms with E-state index in [0.29, 0.717) is 17.8 Å². The molecule has 2 saturated carbocycles. The van der Waals surface area contributed by atoms with E-state index in [9.17, 15) is 4.79 Å². The van der Waals surface area contributed by atoms with Gasteiger partial charge in [-0.1, -0.05) is 45.4 Å². The highest BCUT2D eigenvalue weighted by atomic mass is 35.5. The molecule has 0 bridgehead atoms. The van der Waals surface area contributed by atoms with Crippen LogP contribution in [0, 0.1) is 5.41 Å². The van der Waals surface area contributed by atoms with Crippen LogP contribution in [-0.2, 0) is 4.79 Å². The summed E-state index contributed by atoms with van der Waals surface area (Å²) in [6.45, 7) is 2.92. The molecule has 2 fully saturated rings. The van der Waals surface area contributed by atoms with Crippen LogP contribution in [0.15, 0.2) is 0 Å². The molecule has 19 heavy (non-hydrogen) atoms. The highest BCUT2D eigenvalue weighted by Crippen LogP contribution is 2.38. The SMILES string of the molecule is CC1(C(=O)N(CCCl)C2CCCCC2)CCCCC1. The zero-order chi connectivity index (χ0) is 13.7. The first kappa shape index (κ1) is 15.2. The highest BCUT2D eigenvalue weighted by molar-refractivity contribution is 6.18. The molecule has 0 saturated heterocycles. The van der Waals surface area contributed by atoms with Gasteiger partial charge in [-0.2, -0.15) is 0 Å². The van der Waals surface area contributed by atoms with Gasteiger partial charge in [-0.3, -0.25) is 4.79 Å². The average molecular weight is 286 g/mol. The second kappa shape index (κ2) is 6.97. The number of hydrogen-bond acceptors (Lipinski definition) is 1. The van der Waals surface area contributed by atoms with Crippen LogP contribution in [0.2, 0.25) is 0 Å². The average Bonchev–Trinajstić information content (AvgIpc) is 2.46. The third-order valence-electron chi connectivity index (χ3n) is 5.08. The van der Waals surface area contributed by atoms with Crippen LogP contribution in [0.4, 0.5) is 0 Å². The molecule has 0 spiro atoms. The van der Waals surface area contributed by atoms with Crippen molar-refractivity contribution in [1.82, 2.24) is 4.90 Å². The van der Waals surface area contributed by atoms with Crippen LogP contribution in [0.25, 0.3) is 0 Å². The van der Waals surface area contributed by atoms with E-state index in [1.165, 1.54) is 51.4 Å². The largest absolute Gasteiger partial charge is 0.338 e. The van der Waals surface area contributed by atoms with Crippen LogP contribution in [0.3, 0.4) is 0 Å². The molecule has 2 nitrogen and oxygen atoms in total. The second-order valence-corrected chi connectivity index (χ2v) is 6.98. The molecule has 0 heterocycles. The summed E-state index contributed by atoms with van der Waals surface area (Å²) in [5.41, 5.74) is -0.109. The lowest BCUT2D eigenvalue weighted by atomic mass is 9.74. The number of alkyl halides is 1. The Balaban J connectivity index is 2.06. The molecule has 0 aromatic heterocycles. The molecule has 2 rings (SSSR count). The summed E-state index contributed by atoms with van der Waals surface area (Å²) in [5.74, 6) is 0.956. The lowest BCUT2D eigenvalue weighted by Gasteiger charge is -2.41. The standard InChI is InChI=1S/C16H28ClNO/c1-16(10-6-3-7-11-16)15(19)18(13-12-17)14-8-4-2-5-9-14/h14H,2-13H2,1H3. The zero-order valence-corrected chi connectivity index (χ0v) is 13.1. The number of nitrogens with zero attached hydrogens (tertiary/aromatic N) is 1. The first-order chi connectivity index (χ1) is 9.17. The molecule has 0 aromatic carbocycles. The van der Waals surface area contributed by atoms with Crippen LogP contribution in [0.1, 0.15) is 71.1 Å². The van der Waals surface area contributed by atoms with Crippen molar-refractivity contribution in [2.75, 3.05) is 12.4 Å². The number of amides is 1. The van der Waals surface area contributed by atoms with E-state index >= 15 is 0 Å². The Bertz CT molecular complexity index is 293. The van der Waals surface area contributed by atoms with E-state index in [2.05, 4.69) is 11.8 Å². The van der Waals surface area contributed by atoms with E-state index in [1.54, 1.807) is 0 Å². The predicted molar refractivity (Wildman–Crippen MR) is 80.5 cm³/mol. The minimum absolute atomic E-state index is 0.109. The van der Waals surface area contributed by atoms with Crippen LogP contribution in [-0.4, -0.2) is 29.3 Å². The summed E-state index contributed by atoms with van der Waals surface area (Å²) in [4.78, 5) is 15.1. The van der Waals surface area contributed by atoms with E-state index < -0.39 is 0 Å². The molecule has 0 aromatic rings. The van der Waals surface area contributed by atoms with Crippen molar-refractivity contribution in [2.45, 2.75) is 77.2 Å². The van der Waals surface area contributed by atoms with E-state index in [4.69, 9.17) is 11.6 Å². The third kappa shape index (κ3) is 3.65. The predicted octanol–water partition coefficient (Wildman–Crippen LogP) is 4.36. The van der Waals surface area contributed by atoms with Gasteiger partial charge in [0.2, 0.25) is 5.91 Å². The van der Waals surface area contributed by atoms with Gasteiger partial charge < -0.3 is 4.90 Å². The van der Waals surface area contributed by atoms with Gasteiger partial charge in [0.15, 0.2) is 0 Å². The monoisotopic (exact) mass is 285 g/mol. The van der Waals surface area contributed by atoms with Crippen molar-refractivity contribution in [3.05, 3.63) is 0 Å². The lowest BCUT2D eigenvalue weighted by Crippen LogP contribution is -2.49. The van der Waals surface area contributed by atoms with E-state index in [0.717, 1.165) is 19.4 Å². The maximum Gasteiger partial charge on any atom is 0.228 e. The summed E-state index contributed by atoms with van der Waals surface area (Å²) >= 11 is 5.95. The zero-order valence-electron chi connectivity index (χ0n) is 12.3. The Morgan fingerprint density at radius 2 is 1.68 bits per heavy atom. The molecule has 0 radical (unpaired) electrons. The van der Waals surface area contributed by atoms with Crippen LogP contribution < -0.4 is 0 Å². The number of halogens is 1. The number of hydrogen-bond donors (Lipinski definition) is 0. The molecule has 1 amide bonds. The Morgan fingerprint density at radius 1 is 1.11 bits per heavy atom. The molecule has 2 aliphatic rings. The fourth-order valence-corrected chi connectivity index (χ4v) is 4.01. The maximum absolute atomic E-state index is 13.0. The molecule has 0 N–H and O–H groups in total. The second-order valence-electron chi connectivity index (χ2n) is 6.60. The molecule has 3 heteroatoms. The normalized spacial score (nSPS) is 24.1. The maximum atomic E-state index is 13.0. The Labute approximate surface area is 122 Å². The van der Waals surface area contributed by atoms with Crippen molar-refractivity contribution in [3.63, 3.8) is 0 Å². The summed E-state index contributed by atoms with van der Waals surface area (Å²) in [6, 6.07) is 0.457. The van der Waals surface area contributed by atoms with Crippen molar-refractivity contribution in [3.8, 4) is 0 Å². The molecule has 110 valence electrons. The lowest BCUT2D eigenvalue weighted by molar-refractivity contribution is -0.146. The Hall–Kier alpha value is -0.240. The quantitative estimate of drug-likeness (QED) is 0.703. The first-order valence-electron chi connectivity index (χ1n) is 8.04. The first-order valence-corrected chi connectivity index (χ1v) is 8.58. The number of rotatable bonds is 4. The Kier molecular flexibility index (Phi) is 5.56. The molecular weight excluding hydrogens is 258 g/mol. The van der Waals surface area contributed by atoms with Gasteiger partial charge >= 0.3 is 0 Å². The molecule has 2 aliphatic carbocycles. The minimum atomic E-state index is -0.109. The molecule has 0 unspecified atom stereocenters. The van der Waals surface area contributed by atoms with Crippen molar-refractivity contribution in [2.24, 2.45) is 5.41 Å². The third-order valence-corrected chi connectivity index (χ3v) is 5.24. The minimum Gasteiger partial charge on any atom is -0.338 e. The summed E-state index contributed by atoms with van der Waals surface area (Å²) in [5, 5.41) is 0. The highest BCUT2D eigenvalue weighted by Gasteiger charge is 2.39. The van der Waals surface area contributed by atoms with Gasteiger partial charge in [0.1, 0.15) is 0 Å². The molecule has 0 atom stereocenters. The summed E-state index contributed by atoms with van der Waals surface area (Å²) in [6.07, 6.45) is 12.1. The molecular formula is C16H28ClNO. The van der Waals surface area contributed by atoms with Gasteiger partial charge in [-0.05, 0) is 25.7 Å². The topological polar surface area (TPSA) is 20.3 Å². The summed E-state index contributed by atoms with van der Waals surface area (Å²) < 4.78 is 0. The van der Waals surface area contributed by atoms with E-state index in [1.807, 2.05) is 0 Å². The summed E-state index contributed by atoms with van der Waals surface area (Å²) in [7, 11) is 0. The van der Waals surface area contributed by atoms with Crippen molar-refractivity contribution < 1.29 is 4.79 Å².